The standard InChI is InChI=1S/C18H23Cl2NO/c1-13-6-8-18(12-22,11-21(13)9-7-14-2-3-14)15-4-5-16(19)17(20)10-15/h4-5,10,12-14H,2-3,6-9,11H2,1H3/t13?,18-/m0/s1. The summed E-state index contributed by atoms with van der Waals surface area (Å²) in [5.74, 6) is 0.921. The summed E-state index contributed by atoms with van der Waals surface area (Å²) in [4.78, 5) is 14.5. The zero-order valence-electron chi connectivity index (χ0n) is 13.0. The van der Waals surface area contributed by atoms with Gasteiger partial charge >= 0.3 is 0 Å². The van der Waals surface area contributed by atoms with Crippen molar-refractivity contribution in [2.75, 3.05) is 13.1 Å². The van der Waals surface area contributed by atoms with Crippen LogP contribution in [0.1, 0.15) is 44.6 Å². The maximum absolute atomic E-state index is 12.0. The summed E-state index contributed by atoms with van der Waals surface area (Å²) in [5.41, 5.74) is 0.560. The SMILES string of the molecule is CC1CC[C@](C=O)(c2ccc(Cl)c(Cl)c2)CN1CCC1CC1. The number of likely N-dealkylation sites (tertiary alicyclic amines) is 1. The fraction of sp³-hybridized carbons (Fsp3) is 0.611. The smallest absolute Gasteiger partial charge is 0.131 e. The molecule has 0 bridgehead atoms. The van der Waals surface area contributed by atoms with Crippen molar-refractivity contribution in [3.63, 3.8) is 0 Å². The van der Waals surface area contributed by atoms with E-state index in [9.17, 15) is 4.79 Å². The Kier molecular flexibility index (Phi) is 4.82. The largest absolute Gasteiger partial charge is 0.302 e. The van der Waals surface area contributed by atoms with Crippen LogP contribution in [0, 0.1) is 5.92 Å². The molecule has 2 aliphatic rings. The highest BCUT2D eigenvalue weighted by Crippen LogP contribution is 2.38. The molecule has 0 spiro atoms. The van der Waals surface area contributed by atoms with E-state index in [1.807, 2.05) is 12.1 Å². The van der Waals surface area contributed by atoms with Crippen molar-refractivity contribution in [1.82, 2.24) is 4.90 Å². The number of piperidine rings is 1. The number of benzene rings is 1. The molecule has 1 saturated heterocycles. The van der Waals surface area contributed by atoms with Crippen LogP contribution in [0.5, 0.6) is 0 Å². The monoisotopic (exact) mass is 339 g/mol. The number of nitrogens with zero attached hydrogens (tertiary/aromatic N) is 1. The zero-order valence-corrected chi connectivity index (χ0v) is 14.5. The first-order valence-corrected chi connectivity index (χ1v) is 8.95. The lowest BCUT2D eigenvalue weighted by Crippen LogP contribution is -2.51. The molecule has 1 saturated carbocycles. The van der Waals surface area contributed by atoms with Crippen LogP contribution in [0.25, 0.3) is 0 Å². The van der Waals surface area contributed by atoms with Gasteiger partial charge in [-0.15, -0.1) is 0 Å². The number of aldehydes is 1. The molecule has 120 valence electrons. The van der Waals surface area contributed by atoms with Crippen molar-refractivity contribution in [2.45, 2.75) is 50.5 Å². The minimum atomic E-state index is -0.440. The molecule has 2 atom stereocenters. The van der Waals surface area contributed by atoms with Gasteiger partial charge < -0.3 is 4.79 Å². The predicted molar refractivity (Wildman–Crippen MR) is 91.8 cm³/mol. The molecule has 0 radical (unpaired) electrons. The first-order valence-electron chi connectivity index (χ1n) is 8.20. The molecule has 4 heteroatoms. The second-order valence-corrected chi connectivity index (χ2v) is 7.81. The highest BCUT2D eigenvalue weighted by atomic mass is 35.5. The molecule has 22 heavy (non-hydrogen) atoms. The molecule has 1 aliphatic carbocycles. The van der Waals surface area contributed by atoms with E-state index in [1.165, 1.54) is 19.3 Å². The van der Waals surface area contributed by atoms with Crippen LogP contribution in [0.3, 0.4) is 0 Å². The van der Waals surface area contributed by atoms with Crippen LogP contribution < -0.4 is 0 Å². The average molecular weight is 340 g/mol. The third-order valence-corrected chi connectivity index (χ3v) is 6.10. The second kappa shape index (κ2) is 6.51. The predicted octanol–water partition coefficient (Wildman–Crippen LogP) is 4.71. The third kappa shape index (κ3) is 3.34. The van der Waals surface area contributed by atoms with Gasteiger partial charge in [0.2, 0.25) is 0 Å². The third-order valence-electron chi connectivity index (χ3n) is 5.36. The Morgan fingerprint density at radius 3 is 2.68 bits per heavy atom. The van der Waals surface area contributed by atoms with Crippen molar-refractivity contribution >= 4 is 29.5 Å². The molecule has 1 heterocycles. The van der Waals surface area contributed by atoms with Crippen LogP contribution in [-0.4, -0.2) is 30.3 Å². The van der Waals surface area contributed by atoms with Crippen LogP contribution >= 0.6 is 23.2 Å². The van der Waals surface area contributed by atoms with Gasteiger partial charge in [-0.05, 0) is 56.3 Å². The number of carbonyl (C=O) groups excluding carboxylic acids is 1. The number of rotatable bonds is 5. The van der Waals surface area contributed by atoms with Gasteiger partial charge in [-0.2, -0.15) is 0 Å². The summed E-state index contributed by atoms with van der Waals surface area (Å²) in [6, 6.07) is 6.18. The van der Waals surface area contributed by atoms with Crippen LogP contribution in [0.15, 0.2) is 18.2 Å². The summed E-state index contributed by atoms with van der Waals surface area (Å²) < 4.78 is 0. The van der Waals surface area contributed by atoms with Gasteiger partial charge in [0.15, 0.2) is 0 Å². The number of carbonyl (C=O) groups is 1. The Bertz CT molecular complexity index is 558. The maximum Gasteiger partial charge on any atom is 0.131 e. The molecule has 2 nitrogen and oxygen atoms in total. The molecule has 2 fully saturated rings. The fourth-order valence-corrected chi connectivity index (χ4v) is 3.80. The summed E-state index contributed by atoms with van der Waals surface area (Å²) in [6.07, 6.45) is 7.09. The second-order valence-electron chi connectivity index (χ2n) is 6.99. The Balaban J connectivity index is 1.80. The normalized spacial score (nSPS) is 29.5. The molecule has 3 rings (SSSR count). The van der Waals surface area contributed by atoms with Crippen LogP contribution in [0.2, 0.25) is 10.0 Å². The Labute approximate surface area is 142 Å². The van der Waals surface area contributed by atoms with Crippen molar-refractivity contribution in [3.05, 3.63) is 33.8 Å². The minimum absolute atomic E-state index is 0.440. The summed E-state index contributed by atoms with van der Waals surface area (Å²) in [7, 11) is 0. The molecule has 1 aliphatic heterocycles. The fourth-order valence-electron chi connectivity index (χ4n) is 3.51. The topological polar surface area (TPSA) is 20.3 Å². The van der Waals surface area contributed by atoms with Gasteiger partial charge in [-0.1, -0.05) is 42.1 Å². The van der Waals surface area contributed by atoms with Crippen LogP contribution in [0.4, 0.5) is 0 Å². The van der Waals surface area contributed by atoms with Gasteiger partial charge in [0, 0.05) is 12.6 Å². The summed E-state index contributed by atoms with van der Waals surface area (Å²) in [6.45, 7) is 4.17. The maximum atomic E-state index is 12.0. The molecular weight excluding hydrogens is 317 g/mol. The van der Waals surface area contributed by atoms with Crippen molar-refractivity contribution in [1.29, 1.82) is 0 Å². The van der Waals surface area contributed by atoms with Gasteiger partial charge in [0.25, 0.3) is 0 Å². The number of halogens is 2. The Morgan fingerprint density at radius 2 is 2.05 bits per heavy atom. The van der Waals surface area contributed by atoms with E-state index in [0.29, 0.717) is 16.1 Å². The quantitative estimate of drug-likeness (QED) is 0.723. The highest BCUT2D eigenvalue weighted by molar-refractivity contribution is 6.42. The van der Waals surface area contributed by atoms with E-state index in [0.717, 1.165) is 43.7 Å². The van der Waals surface area contributed by atoms with Gasteiger partial charge in [0.1, 0.15) is 6.29 Å². The van der Waals surface area contributed by atoms with Crippen molar-refractivity contribution in [3.8, 4) is 0 Å². The first kappa shape index (κ1) is 16.3. The Hall–Kier alpha value is -0.570. The Morgan fingerprint density at radius 1 is 1.27 bits per heavy atom. The zero-order chi connectivity index (χ0) is 15.7. The van der Waals surface area contributed by atoms with E-state index in [1.54, 1.807) is 6.07 Å². The summed E-state index contributed by atoms with van der Waals surface area (Å²) in [5, 5.41) is 1.07. The highest BCUT2D eigenvalue weighted by Gasteiger charge is 2.40. The minimum Gasteiger partial charge on any atom is -0.302 e. The van der Waals surface area contributed by atoms with Crippen molar-refractivity contribution in [2.24, 2.45) is 5.92 Å². The average Bonchev–Trinajstić information content (AvgIpc) is 3.34. The first-order chi connectivity index (χ1) is 10.5. The molecule has 1 aromatic carbocycles. The van der Waals surface area contributed by atoms with E-state index in [-0.39, 0.29) is 0 Å². The molecule has 1 unspecified atom stereocenters. The molecule has 0 amide bonds. The van der Waals surface area contributed by atoms with Crippen molar-refractivity contribution < 1.29 is 4.79 Å². The number of hydrogen-bond acceptors (Lipinski definition) is 2. The van der Waals surface area contributed by atoms with E-state index in [4.69, 9.17) is 23.2 Å². The van der Waals surface area contributed by atoms with E-state index in [2.05, 4.69) is 11.8 Å². The van der Waals surface area contributed by atoms with Crippen LogP contribution in [-0.2, 0) is 10.2 Å². The molecule has 0 aromatic heterocycles. The number of hydrogen-bond donors (Lipinski definition) is 0. The lowest BCUT2D eigenvalue weighted by Gasteiger charge is -2.43. The lowest BCUT2D eigenvalue weighted by molar-refractivity contribution is -0.115. The van der Waals surface area contributed by atoms with E-state index < -0.39 is 5.41 Å². The molecule has 1 aromatic rings. The van der Waals surface area contributed by atoms with E-state index >= 15 is 0 Å². The van der Waals surface area contributed by atoms with Gasteiger partial charge in [-0.25, -0.2) is 0 Å². The van der Waals surface area contributed by atoms with Gasteiger partial charge in [0.05, 0.1) is 15.5 Å². The lowest BCUT2D eigenvalue weighted by atomic mass is 9.73. The van der Waals surface area contributed by atoms with Gasteiger partial charge in [-0.3, -0.25) is 4.90 Å². The molecular formula is C18H23Cl2NO. The molecule has 0 N–H and O–H groups in total. The summed E-state index contributed by atoms with van der Waals surface area (Å²) >= 11 is 12.2.